The Balaban J connectivity index is 3.37. The number of anilines is 1. The van der Waals surface area contributed by atoms with Crippen molar-refractivity contribution >= 4 is 33.7 Å². The zero-order valence-corrected chi connectivity index (χ0v) is 13.8. The van der Waals surface area contributed by atoms with E-state index in [0.29, 0.717) is 10.4 Å². The molecule has 0 aliphatic heterocycles. The lowest BCUT2D eigenvalue weighted by Crippen LogP contribution is -2.29. The molecule has 9 nitrogen and oxygen atoms in total. The fourth-order valence-corrected chi connectivity index (χ4v) is 1.81. The molecule has 0 N–H and O–H groups in total. The average molecular weight is 384 g/mol. The monoisotopic (exact) mass is 384 g/mol. The number of esters is 3. The number of alkyl halides is 3. The molecule has 0 aliphatic rings. The third-order valence-corrected chi connectivity index (χ3v) is 3.86. The van der Waals surface area contributed by atoms with Crippen LogP contribution in [0, 0.1) is 0 Å². The van der Waals surface area contributed by atoms with E-state index in [2.05, 4.69) is 14.5 Å². The predicted molar refractivity (Wildman–Crippen MR) is 75.3 cm³/mol. The average Bonchev–Trinajstić information content (AvgIpc) is 2.50. The Morgan fingerprint density at radius 2 is 1.72 bits per heavy atom. The van der Waals surface area contributed by atoms with Gasteiger partial charge >= 0.3 is 24.1 Å². The number of aromatic nitrogens is 1. The van der Waals surface area contributed by atoms with E-state index in [4.69, 9.17) is 0 Å². The largest absolute Gasteiger partial charge is 0.491 e. The molecule has 138 valence electrons. The maximum atomic E-state index is 12.2. The predicted octanol–water partition coefficient (Wildman–Crippen LogP) is 0.510. The second-order valence-electron chi connectivity index (χ2n) is 4.50. The highest BCUT2D eigenvalue weighted by atomic mass is 32.2. The van der Waals surface area contributed by atoms with Gasteiger partial charge in [0.2, 0.25) is 10.0 Å². The van der Waals surface area contributed by atoms with E-state index in [1.165, 1.54) is 0 Å². The highest BCUT2D eigenvalue weighted by molar-refractivity contribution is 7.92. The normalized spacial score (nSPS) is 11.6. The van der Waals surface area contributed by atoms with Crippen molar-refractivity contribution in [2.24, 2.45) is 0 Å². The van der Waals surface area contributed by atoms with Crippen molar-refractivity contribution in [1.82, 2.24) is 4.98 Å². The summed E-state index contributed by atoms with van der Waals surface area (Å²) in [6, 6.07) is 1.43. The quantitative estimate of drug-likeness (QED) is 0.544. The highest BCUT2D eigenvalue weighted by Gasteiger charge is 2.42. The molecule has 0 amide bonds. The highest BCUT2D eigenvalue weighted by Crippen LogP contribution is 2.20. The molecule has 1 aromatic heterocycles. The van der Waals surface area contributed by atoms with Crippen LogP contribution >= 0.6 is 0 Å². The van der Waals surface area contributed by atoms with Crippen molar-refractivity contribution in [3.63, 3.8) is 0 Å². The summed E-state index contributed by atoms with van der Waals surface area (Å²) in [5.41, 5.74) is -1.29. The second-order valence-corrected chi connectivity index (χ2v) is 6.51. The number of rotatable bonds is 4. The third kappa shape index (κ3) is 5.14. The smallest absolute Gasteiger partial charge is 0.464 e. The Morgan fingerprint density at radius 1 is 1.16 bits per heavy atom. The minimum Gasteiger partial charge on any atom is -0.464 e. The van der Waals surface area contributed by atoms with Crippen molar-refractivity contribution in [2.75, 3.05) is 24.7 Å². The number of sulfonamides is 1. The summed E-state index contributed by atoms with van der Waals surface area (Å²) in [5, 5.41) is 0. The number of methoxy groups -OCH3 is 1. The molecule has 0 unspecified atom stereocenters. The first-order chi connectivity index (χ1) is 11.3. The molecule has 0 atom stereocenters. The molecule has 0 aromatic carbocycles. The maximum absolute atomic E-state index is 12.2. The van der Waals surface area contributed by atoms with E-state index < -0.39 is 51.2 Å². The summed E-state index contributed by atoms with van der Waals surface area (Å²) in [4.78, 5) is 37.6. The van der Waals surface area contributed by atoms with Crippen LogP contribution < -0.4 is 4.31 Å². The minimum absolute atomic E-state index is 0.475. The van der Waals surface area contributed by atoms with Crippen LogP contribution in [-0.2, 0) is 24.3 Å². The molecule has 25 heavy (non-hydrogen) atoms. The number of nitrogens with zero attached hydrogens (tertiary/aromatic N) is 2. The van der Waals surface area contributed by atoms with Gasteiger partial charge in [0.05, 0.1) is 18.9 Å². The lowest BCUT2D eigenvalue weighted by atomic mass is 10.2. The standard InChI is InChI=1S/C12H11F3N2O7S/c1-17(25(3,21)22)8-5-6(4-7(16-8)10(19)23-2)9(18)24-11(20)12(13,14)15/h4-5H,1-3H3. The van der Waals surface area contributed by atoms with E-state index >= 15 is 0 Å². The zero-order chi connectivity index (χ0) is 19.6. The number of halogens is 3. The fourth-order valence-electron chi connectivity index (χ4n) is 1.38. The molecule has 1 heterocycles. The van der Waals surface area contributed by atoms with Gasteiger partial charge in [0.25, 0.3) is 0 Å². The van der Waals surface area contributed by atoms with E-state index in [-0.39, 0.29) is 0 Å². The topological polar surface area (TPSA) is 120 Å². The van der Waals surface area contributed by atoms with E-state index in [9.17, 15) is 36.0 Å². The van der Waals surface area contributed by atoms with Gasteiger partial charge in [0.1, 0.15) is 5.82 Å². The summed E-state index contributed by atoms with van der Waals surface area (Å²) < 4.78 is 68.1. The molecule has 0 saturated carbocycles. The number of carbonyl (C=O) groups is 3. The molecule has 1 rings (SSSR count). The van der Waals surface area contributed by atoms with Gasteiger partial charge in [0, 0.05) is 7.05 Å². The first-order valence-corrected chi connectivity index (χ1v) is 8.00. The number of hydrogen-bond donors (Lipinski definition) is 0. The third-order valence-electron chi connectivity index (χ3n) is 2.68. The van der Waals surface area contributed by atoms with Gasteiger partial charge < -0.3 is 9.47 Å². The SMILES string of the molecule is COC(=O)c1cc(C(=O)OC(=O)C(F)(F)F)cc(N(C)S(C)(=O)=O)n1. The number of ether oxygens (including phenoxy) is 2. The van der Waals surface area contributed by atoms with Crippen LogP contribution in [0.4, 0.5) is 19.0 Å². The van der Waals surface area contributed by atoms with Crippen LogP contribution in [0.3, 0.4) is 0 Å². The first-order valence-electron chi connectivity index (χ1n) is 6.15. The molecular weight excluding hydrogens is 373 g/mol. The molecule has 13 heteroatoms. The van der Waals surface area contributed by atoms with Gasteiger partial charge in [-0.2, -0.15) is 13.2 Å². The maximum Gasteiger partial charge on any atom is 0.491 e. The molecule has 0 aliphatic carbocycles. The van der Waals surface area contributed by atoms with Crippen LogP contribution in [0.15, 0.2) is 12.1 Å². The van der Waals surface area contributed by atoms with E-state index in [1.54, 1.807) is 0 Å². The Kier molecular flexibility index (Phi) is 5.73. The van der Waals surface area contributed by atoms with Gasteiger partial charge in [-0.25, -0.2) is 27.8 Å². The lowest BCUT2D eigenvalue weighted by Gasteiger charge is -2.17. The summed E-state index contributed by atoms with van der Waals surface area (Å²) in [5.74, 6) is -6.10. The minimum atomic E-state index is -5.42. The van der Waals surface area contributed by atoms with Crippen molar-refractivity contribution in [1.29, 1.82) is 0 Å². The molecular formula is C12H11F3N2O7S. The van der Waals surface area contributed by atoms with Crippen molar-refractivity contribution in [3.05, 3.63) is 23.4 Å². The van der Waals surface area contributed by atoms with Crippen molar-refractivity contribution in [2.45, 2.75) is 6.18 Å². The van der Waals surface area contributed by atoms with Crippen LogP contribution in [0.2, 0.25) is 0 Å². The van der Waals surface area contributed by atoms with E-state index in [1.807, 2.05) is 0 Å². The molecule has 1 aromatic rings. The second kappa shape index (κ2) is 7.04. The molecule has 0 fully saturated rings. The van der Waals surface area contributed by atoms with Gasteiger partial charge in [-0.3, -0.25) is 4.31 Å². The van der Waals surface area contributed by atoms with Gasteiger partial charge in [-0.15, -0.1) is 0 Å². The van der Waals surface area contributed by atoms with Crippen LogP contribution in [0.25, 0.3) is 0 Å². The van der Waals surface area contributed by atoms with Gasteiger partial charge in [0.15, 0.2) is 5.69 Å². The van der Waals surface area contributed by atoms with Crippen LogP contribution in [0.1, 0.15) is 20.8 Å². The molecule has 0 bridgehead atoms. The fraction of sp³-hybridized carbons (Fsp3) is 0.333. The Labute approximate surface area is 139 Å². The van der Waals surface area contributed by atoms with Crippen LogP contribution in [0.5, 0.6) is 0 Å². The van der Waals surface area contributed by atoms with E-state index in [0.717, 1.165) is 26.5 Å². The molecule has 0 radical (unpaired) electrons. The Morgan fingerprint density at radius 3 is 2.16 bits per heavy atom. The summed E-state index contributed by atoms with van der Waals surface area (Å²) in [7, 11) is -1.89. The number of pyridine rings is 1. The Hall–Kier alpha value is -2.70. The number of carbonyl (C=O) groups excluding carboxylic acids is 3. The molecule has 0 saturated heterocycles. The van der Waals surface area contributed by atoms with Gasteiger partial charge in [-0.05, 0) is 12.1 Å². The summed E-state index contributed by atoms with van der Waals surface area (Å²) in [6.45, 7) is 0. The molecule has 0 spiro atoms. The van der Waals surface area contributed by atoms with Crippen molar-refractivity contribution < 1.29 is 45.4 Å². The lowest BCUT2D eigenvalue weighted by molar-refractivity contribution is -0.193. The Bertz CT molecular complexity index is 820. The zero-order valence-electron chi connectivity index (χ0n) is 12.9. The summed E-state index contributed by atoms with van der Waals surface area (Å²) in [6.07, 6.45) is -4.63. The summed E-state index contributed by atoms with van der Waals surface area (Å²) >= 11 is 0. The van der Waals surface area contributed by atoms with Gasteiger partial charge in [-0.1, -0.05) is 0 Å². The van der Waals surface area contributed by atoms with Crippen LogP contribution in [-0.4, -0.2) is 57.9 Å². The van der Waals surface area contributed by atoms with Crippen molar-refractivity contribution in [3.8, 4) is 0 Å². The first kappa shape index (κ1) is 20.3. The number of hydrogen-bond acceptors (Lipinski definition) is 8.